The number of fused-ring (bicyclic) bond motifs is 1. The van der Waals surface area contributed by atoms with Crippen molar-refractivity contribution in [3.05, 3.63) is 42.0 Å². The zero-order chi connectivity index (χ0) is 14.7. The number of nitrogens with one attached hydrogen (secondary N) is 1. The molecule has 1 heterocycles. The molecule has 2 unspecified atom stereocenters. The van der Waals surface area contributed by atoms with Crippen molar-refractivity contribution in [1.29, 1.82) is 0 Å². The smallest absolute Gasteiger partial charge is 0.126 e. The van der Waals surface area contributed by atoms with Crippen molar-refractivity contribution < 1.29 is 9.47 Å². The molecule has 0 bridgehead atoms. The second-order valence-electron chi connectivity index (χ2n) is 5.55. The second kappa shape index (κ2) is 6.46. The number of rotatable bonds is 5. The van der Waals surface area contributed by atoms with Crippen molar-refractivity contribution in [3.63, 3.8) is 0 Å². The molecule has 3 nitrogen and oxygen atoms in total. The van der Waals surface area contributed by atoms with Crippen LogP contribution >= 0.6 is 0 Å². The Morgan fingerprint density at radius 3 is 2.76 bits per heavy atom. The Labute approximate surface area is 126 Å². The number of hydrogen-bond donors (Lipinski definition) is 1. The van der Waals surface area contributed by atoms with Crippen molar-refractivity contribution in [3.8, 4) is 5.75 Å². The number of ether oxygens (including phenoxy) is 2. The molecule has 1 aliphatic heterocycles. The Balaban J connectivity index is 2.00. The fourth-order valence-electron chi connectivity index (χ4n) is 3.24. The summed E-state index contributed by atoms with van der Waals surface area (Å²) in [5.41, 5.74) is 1.28. The van der Waals surface area contributed by atoms with E-state index in [1.807, 2.05) is 0 Å². The number of hydrogen-bond acceptors (Lipinski definition) is 3. The van der Waals surface area contributed by atoms with Gasteiger partial charge in [0, 0.05) is 24.5 Å². The van der Waals surface area contributed by atoms with Gasteiger partial charge in [-0.1, -0.05) is 37.3 Å². The van der Waals surface area contributed by atoms with Crippen LogP contribution in [0.15, 0.2) is 36.4 Å². The number of benzene rings is 2. The lowest BCUT2D eigenvalue weighted by atomic mass is 9.91. The summed E-state index contributed by atoms with van der Waals surface area (Å²) >= 11 is 0. The summed E-state index contributed by atoms with van der Waals surface area (Å²) < 4.78 is 11.5. The minimum atomic E-state index is 0.180. The van der Waals surface area contributed by atoms with Gasteiger partial charge in [-0.05, 0) is 30.0 Å². The lowest BCUT2D eigenvalue weighted by Crippen LogP contribution is -2.24. The molecule has 2 aromatic rings. The van der Waals surface area contributed by atoms with Gasteiger partial charge in [0.15, 0.2) is 0 Å². The van der Waals surface area contributed by atoms with Gasteiger partial charge < -0.3 is 14.8 Å². The van der Waals surface area contributed by atoms with Gasteiger partial charge in [-0.2, -0.15) is 0 Å². The van der Waals surface area contributed by atoms with Gasteiger partial charge in [0.1, 0.15) is 5.75 Å². The first-order valence-corrected chi connectivity index (χ1v) is 7.73. The van der Waals surface area contributed by atoms with Crippen molar-refractivity contribution in [2.24, 2.45) is 5.92 Å². The van der Waals surface area contributed by atoms with Crippen molar-refractivity contribution in [2.75, 3.05) is 26.8 Å². The first-order chi connectivity index (χ1) is 10.3. The molecule has 2 atom stereocenters. The predicted molar refractivity (Wildman–Crippen MR) is 85.8 cm³/mol. The predicted octanol–water partition coefficient (Wildman–Crippen LogP) is 3.54. The van der Waals surface area contributed by atoms with Crippen molar-refractivity contribution in [1.82, 2.24) is 5.32 Å². The first-order valence-electron chi connectivity index (χ1n) is 7.73. The highest BCUT2D eigenvalue weighted by atomic mass is 16.5. The molecule has 3 heteroatoms. The molecule has 2 aromatic carbocycles. The zero-order valence-electron chi connectivity index (χ0n) is 12.8. The third-order valence-corrected chi connectivity index (χ3v) is 4.31. The Hall–Kier alpha value is -1.58. The lowest BCUT2D eigenvalue weighted by Gasteiger charge is -2.21. The maximum Gasteiger partial charge on any atom is 0.126 e. The van der Waals surface area contributed by atoms with E-state index in [0.717, 1.165) is 37.3 Å². The summed E-state index contributed by atoms with van der Waals surface area (Å²) in [6, 6.07) is 12.6. The molecule has 1 aliphatic rings. The standard InChI is InChI=1S/C18H23NO2/c1-3-19-12-13-10-11-21-18(13)16-8-9-17(20-2)15-7-5-4-6-14(15)16/h4-9,13,18-19H,3,10-12H2,1-2H3. The Kier molecular flexibility index (Phi) is 4.42. The monoisotopic (exact) mass is 285 g/mol. The van der Waals surface area contributed by atoms with E-state index in [9.17, 15) is 0 Å². The van der Waals surface area contributed by atoms with Crippen LogP contribution in [0.25, 0.3) is 10.8 Å². The quantitative estimate of drug-likeness (QED) is 0.911. The fraction of sp³-hybridized carbons (Fsp3) is 0.444. The second-order valence-corrected chi connectivity index (χ2v) is 5.55. The molecular weight excluding hydrogens is 262 g/mol. The summed E-state index contributed by atoms with van der Waals surface area (Å²) in [6.45, 7) is 5.02. The van der Waals surface area contributed by atoms with Crippen LogP contribution < -0.4 is 10.1 Å². The van der Waals surface area contributed by atoms with Gasteiger partial charge >= 0.3 is 0 Å². The van der Waals surface area contributed by atoms with Crippen molar-refractivity contribution >= 4 is 10.8 Å². The highest BCUT2D eigenvalue weighted by Gasteiger charge is 2.30. The van der Waals surface area contributed by atoms with Gasteiger partial charge in [0.2, 0.25) is 0 Å². The van der Waals surface area contributed by atoms with Crippen LogP contribution in [0.3, 0.4) is 0 Å². The fourth-order valence-corrected chi connectivity index (χ4v) is 3.24. The average molecular weight is 285 g/mol. The topological polar surface area (TPSA) is 30.5 Å². The summed E-state index contributed by atoms with van der Waals surface area (Å²) in [6.07, 6.45) is 1.30. The first kappa shape index (κ1) is 14.4. The molecular formula is C18H23NO2. The minimum Gasteiger partial charge on any atom is -0.496 e. The van der Waals surface area contributed by atoms with Gasteiger partial charge in [-0.15, -0.1) is 0 Å². The van der Waals surface area contributed by atoms with Crippen LogP contribution in [-0.4, -0.2) is 26.8 Å². The van der Waals surface area contributed by atoms with Gasteiger partial charge in [0.25, 0.3) is 0 Å². The third-order valence-electron chi connectivity index (χ3n) is 4.31. The molecule has 21 heavy (non-hydrogen) atoms. The summed E-state index contributed by atoms with van der Waals surface area (Å²) in [5, 5.41) is 5.86. The number of methoxy groups -OCH3 is 1. The van der Waals surface area contributed by atoms with E-state index >= 15 is 0 Å². The molecule has 3 rings (SSSR count). The Morgan fingerprint density at radius 1 is 1.19 bits per heavy atom. The van der Waals surface area contributed by atoms with Gasteiger partial charge in [-0.3, -0.25) is 0 Å². The van der Waals surface area contributed by atoms with Crippen LogP contribution in [0, 0.1) is 5.92 Å². The maximum absolute atomic E-state index is 6.05. The van der Waals surface area contributed by atoms with Crippen LogP contribution in [0.1, 0.15) is 25.0 Å². The summed E-state index contributed by atoms with van der Waals surface area (Å²) in [4.78, 5) is 0. The molecule has 0 radical (unpaired) electrons. The van der Waals surface area contributed by atoms with Crippen molar-refractivity contribution in [2.45, 2.75) is 19.4 Å². The zero-order valence-corrected chi connectivity index (χ0v) is 12.8. The van der Waals surface area contributed by atoms with Gasteiger partial charge in [0.05, 0.1) is 13.2 Å². The molecule has 112 valence electrons. The molecule has 1 fully saturated rings. The maximum atomic E-state index is 6.05. The Morgan fingerprint density at radius 2 is 2.00 bits per heavy atom. The SMILES string of the molecule is CCNCC1CCOC1c1ccc(OC)c2ccccc12. The molecule has 1 N–H and O–H groups in total. The molecule has 0 spiro atoms. The van der Waals surface area contributed by atoms with E-state index in [0.29, 0.717) is 5.92 Å². The highest BCUT2D eigenvalue weighted by Crippen LogP contribution is 2.39. The normalized spacial score (nSPS) is 21.8. The highest BCUT2D eigenvalue weighted by molar-refractivity contribution is 5.91. The lowest BCUT2D eigenvalue weighted by molar-refractivity contribution is 0.0918. The van der Waals surface area contributed by atoms with Crippen LogP contribution in [0.5, 0.6) is 5.75 Å². The average Bonchev–Trinajstić information content (AvgIpc) is 3.00. The van der Waals surface area contributed by atoms with E-state index in [-0.39, 0.29) is 6.10 Å². The Bertz CT molecular complexity index is 611. The largest absolute Gasteiger partial charge is 0.496 e. The van der Waals surface area contributed by atoms with Crippen LogP contribution in [-0.2, 0) is 4.74 Å². The summed E-state index contributed by atoms with van der Waals surface area (Å²) in [7, 11) is 1.72. The van der Waals surface area contributed by atoms with Crippen LogP contribution in [0.2, 0.25) is 0 Å². The van der Waals surface area contributed by atoms with E-state index in [1.54, 1.807) is 7.11 Å². The summed E-state index contributed by atoms with van der Waals surface area (Å²) in [5.74, 6) is 1.47. The van der Waals surface area contributed by atoms with Gasteiger partial charge in [-0.25, -0.2) is 0 Å². The van der Waals surface area contributed by atoms with E-state index in [4.69, 9.17) is 9.47 Å². The van der Waals surface area contributed by atoms with E-state index in [2.05, 4.69) is 48.6 Å². The molecule has 0 aromatic heterocycles. The molecule has 0 saturated carbocycles. The minimum absolute atomic E-state index is 0.180. The third kappa shape index (κ3) is 2.76. The molecule has 0 amide bonds. The van der Waals surface area contributed by atoms with E-state index < -0.39 is 0 Å². The van der Waals surface area contributed by atoms with E-state index in [1.165, 1.54) is 10.9 Å². The van der Waals surface area contributed by atoms with Crippen LogP contribution in [0.4, 0.5) is 0 Å². The molecule has 0 aliphatic carbocycles. The molecule has 1 saturated heterocycles.